The van der Waals surface area contributed by atoms with Crippen molar-refractivity contribution in [3.05, 3.63) is 51.0 Å². The molecule has 10 heteroatoms. The van der Waals surface area contributed by atoms with Gasteiger partial charge in [-0.05, 0) is 47.5 Å². The SMILES string of the molecule is CC(C)n1c(Br)nc(C(=O)O)c1C(NC1CN(C)C(=O)N(C)C1)c1ccc(Cl)cc1. The molecule has 2 amide bonds. The monoisotopic (exact) mass is 497 g/mol. The number of nitrogens with zero attached hydrogens (tertiary/aromatic N) is 4. The number of likely N-dealkylation sites (N-methyl/N-ethyl adjacent to an activating group) is 2. The summed E-state index contributed by atoms with van der Waals surface area (Å²) < 4.78 is 2.33. The maximum Gasteiger partial charge on any atom is 0.356 e. The zero-order valence-electron chi connectivity index (χ0n) is 17.3. The Bertz CT molecular complexity index is 933. The fourth-order valence-corrected chi connectivity index (χ4v) is 4.74. The molecule has 2 heterocycles. The molecule has 1 saturated heterocycles. The molecule has 1 aliphatic heterocycles. The van der Waals surface area contributed by atoms with Crippen LogP contribution in [-0.2, 0) is 0 Å². The maximum absolute atomic E-state index is 12.1. The van der Waals surface area contributed by atoms with Crippen LogP contribution in [0.2, 0.25) is 5.02 Å². The molecule has 0 spiro atoms. The molecule has 0 aliphatic carbocycles. The molecule has 2 aromatic rings. The van der Waals surface area contributed by atoms with E-state index in [0.717, 1.165) is 5.56 Å². The average Bonchev–Trinajstić information content (AvgIpc) is 3.02. The Balaban J connectivity index is 2.11. The van der Waals surface area contributed by atoms with E-state index in [4.69, 9.17) is 11.6 Å². The van der Waals surface area contributed by atoms with Crippen LogP contribution in [0.15, 0.2) is 29.0 Å². The summed E-state index contributed by atoms with van der Waals surface area (Å²) in [7, 11) is 3.50. The lowest BCUT2D eigenvalue weighted by Crippen LogP contribution is -2.57. The maximum atomic E-state index is 12.1. The van der Waals surface area contributed by atoms with Crippen molar-refractivity contribution in [2.45, 2.75) is 32.0 Å². The Kier molecular flexibility index (Phi) is 6.74. The van der Waals surface area contributed by atoms with Crippen LogP contribution in [0.1, 0.15) is 47.7 Å². The number of nitrogens with one attached hydrogen (secondary N) is 1. The topological polar surface area (TPSA) is 90.7 Å². The van der Waals surface area contributed by atoms with E-state index < -0.39 is 12.0 Å². The number of amides is 2. The number of aromatic carboxylic acids is 1. The molecule has 3 rings (SSSR count). The second kappa shape index (κ2) is 8.95. The Morgan fingerprint density at radius 1 is 1.23 bits per heavy atom. The van der Waals surface area contributed by atoms with Gasteiger partial charge in [0.15, 0.2) is 10.4 Å². The predicted octanol–water partition coefficient (Wildman–Crippen LogP) is 3.62. The van der Waals surface area contributed by atoms with E-state index in [2.05, 4.69) is 26.2 Å². The van der Waals surface area contributed by atoms with Gasteiger partial charge in [-0.15, -0.1) is 0 Å². The van der Waals surface area contributed by atoms with E-state index in [-0.39, 0.29) is 23.8 Å². The van der Waals surface area contributed by atoms with Gasteiger partial charge in [-0.2, -0.15) is 0 Å². The number of carbonyl (C=O) groups excluding carboxylic acids is 1. The largest absolute Gasteiger partial charge is 0.476 e. The molecule has 0 saturated carbocycles. The first kappa shape index (κ1) is 22.6. The van der Waals surface area contributed by atoms with E-state index in [1.165, 1.54) is 0 Å². The molecule has 1 fully saturated rings. The van der Waals surface area contributed by atoms with Gasteiger partial charge in [0.1, 0.15) is 0 Å². The first-order chi connectivity index (χ1) is 14.1. The number of rotatable bonds is 6. The van der Waals surface area contributed by atoms with Crippen molar-refractivity contribution in [2.24, 2.45) is 0 Å². The number of imidazole rings is 1. The van der Waals surface area contributed by atoms with Crippen LogP contribution >= 0.6 is 27.5 Å². The van der Waals surface area contributed by atoms with Crippen molar-refractivity contribution in [2.75, 3.05) is 27.2 Å². The number of urea groups is 1. The molecular formula is C20H25BrClN5O3. The summed E-state index contributed by atoms with van der Waals surface area (Å²) >= 11 is 9.51. The Labute approximate surface area is 188 Å². The third kappa shape index (κ3) is 4.48. The first-order valence-corrected chi connectivity index (χ1v) is 10.8. The summed E-state index contributed by atoms with van der Waals surface area (Å²) in [6.07, 6.45) is 0. The summed E-state index contributed by atoms with van der Waals surface area (Å²) in [4.78, 5) is 31.7. The molecule has 0 radical (unpaired) electrons. The third-order valence-corrected chi connectivity index (χ3v) is 5.96. The number of benzene rings is 1. The van der Waals surface area contributed by atoms with E-state index in [1.54, 1.807) is 36.0 Å². The minimum Gasteiger partial charge on any atom is -0.476 e. The van der Waals surface area contributed by atoms with Gasteiger partial charge in [0, 0.05) is 44.3 Å². The minimum atomic E-state index is -1.10. The highest BCUT2D eigenvalue weighted by Gasteiger charge is 2.34. The highest BCUT2D eigenvalue weighted by molar-refractivity contribution is 9.10. The van der Waals surface area contributed by atoms with Crippen molar-refractivity contribution in [1.82, 2.24) is 24.7 Å². The standard InChI is InChI=1S/C20H25BrClN5O3/c1-11(2)27-17(16(18(28)29)24-19(27)21)15(12-5-7-13(22)8-6-12)23-14-9-25(3)20(30)26(4)10-14/h5-8,11,14-15,23H,9-10H2,1-4H3,(H,28,29). The summed E-state index contributed by atoms with van der Waals surface area (Å²) in [6, 6.07) is 6.70. The molecule has 1 aliphatic rings. The predicted molar refractivity (Wildman–Crippen MR) is 118 cm³/mol. The number of aromatic nitrogens is 2. The quantitative estimate of drug-likeness (QED) is 0.635. The number of carboxylic acid groups (broad SMARTS) is 1. The van der Waals surface area contributed by atoms with E-state index in [9.17, 15) is 14.7 Å². The fraction of sp³-hybridized carbons (Fsp3) is 0.450. The Morgan fingerprint density at radius 2 is 1.80 bits per heavy atom. The first-order valence-electron chi connectivity index (χ1n) is 9.58. The van der Waals surface area contributed by atoms with Crippen LogP contribution < -0.4 is 5.32 Å². The van der Waals surface area contributed by atoms with Gasteiger partial charge >= 0.3 is 12.0 Å². The highest BCUT2D eigenvalue weighted by Crippen LogP contribution is 2.32. The number of carboxylic acids is 1. The van der Waals surface area contributed by atoms with Gasteiger partial charge in [0.05, 0.1) is 11.7 Å². The van der Waals surface area contributed by atoms with Gasteiger partial charge in [-0.25, -0.2) is 14.6 Å². The van der Waals surface area contributed by atoms with E-state index in [1.807, 2.05) is 30.5 Å². The van der Waals surface area contributed by atoms with E-state index in [0.29, 0.717) is 28.5 Å². The molecule has 2 N–H and O–H groups in total. The lowest BCUT2D eigenvalue weighted by Gasteiger charge is -2.38. The van der Waals surface area contributed by atoms with Crippen molar-refractivity contribution in [3.63, 3.8) is 0 Å². The molecule has 1 unspecified atom stereocenters. The normalized spacial score (nSPS) is 16.4. The van der Waals surface area contributed by atoms with Crippen molar-refractivity contribution in [1.29, 1.82) is 0 Å². The van der Waals surface area contributed by atoms with Crippen LogP contribution in [0.4, 0.5) is 4.79 Å². The summed E-state index contributed by atoms with van der Waals surface area (Å²) in [6.45, 7) is 4.96. The molecule has 0 bridgehead atoms. The van der Waals surface area contributed by atoms with Crippen molar-refractivity contribution in [3.8, 4) is 0 Å². The zero-order valence-corrected chi connectivity index (χ0v) is 19.6. The van der Waals surface area contributed by atoms with Crippen LogP contribution in [-0.4, -0.2) is 69.7 Å². The molecule has 1 aromatic carbocycles. The lowest BCUT2D eigenvalue weighted by atomic mass is 9.99. The van der Waals surface area contributed by atoms with Gasteiger partial charge < -0.3 is 19.5 Å². The summed E-state index contributed by atoms with van der Waals surface area (Å²) in [5.74, 6) is -1.10. The molecule has 162 valence electrons. The van der Waals surface area contributed by atoms with Gasteiger partial charge in [-0.1, -0.05) is 23.7 Å². The lowest BCUT2D eigenvalue weighted by molar-refractivity contribution is 0.0688. The van der Waals surface area contributed by atoms with Crippen LogP contribution in [0.5, 0.6) is 0 Å². The van der Waals surface area contributed by atoms with Crippen LogP contribution in [0.25, 0.3) is 0 Å². The molecule has 30 heavy (non-hydrogen) atoms. The average molecular weight is 499 g/mol. The van der Waals surface area contributed by atoms with Crippen LogP contribution in [0, 0.1) is 0 Å². The fourth-order valence-electron chi connectivity index (χ4n) is 3.84. The number of halogens is 2. The Morgan fingerprint density at radius 3 is 2.30 bits per heavy atom. The second-order valence-electron chi connectivity index (χ2n) is 7.78. The summed E-state index contributed by atoms with van der Waals surface area (Å²) in [5.41, 5.74) is 1.39. The molecule has 8 nitrogen and oxygen atoms in total. The van der Waals surface area contributed by atoms with Crippen molar-refractivity contribution < 1.29 is 14.7 Å². The summed E-state index contributed by atoms with van der Waals surface area (Å²) in [5, 5.41) is 14.0. The van der Waals surface area contributed by atoms with Crippen LogP contribution in [0.3, 0.4) is 0 Å². The zero-order chi connectivity index (χ0) is 22.2. The van der Waals surface area contributed by atoms with E-state index >= 15 is 0 Å². The van der Waals surface area contributed by atoms with Gasteiger partial charge in [-0.3, -0.25) is 5.32 Å². The Hall–Kier alpha value is -2.10. The number of hydrogen-bond acceptors (Lipinski definition) is 4. The molecule has 1 atom stereocenters. The second-order valence-corrected chi connectivity index (χ2v) is 8.92. The number of hydrogen-bond donors (Lipinski definition) is 2. The van der Waals surface area contributed by atoms with Gasteiger partial charge in [0.2, 0.25) is 0 Å². The number of carbonyl (C=O) groups is 2. The molecular weight excluding hydrogens is 474 g/mol. The molecule has 1 aromatic heterocycles. The highest BCUT2D eigenvalue weighted by atomic mass is 79.9. The minimum absolute atomic E-state index is 0.0170. The van der Waals surface area contributed by atoms with Gasteiger partial charge in [0.25, 0.3) is 0 Å². The van der Waals surface area contributed by atoms with Crippen molar-refractivity contribution >= 4 is 39.5 Å². The third-order valence-electron chi connectivity index (χ3n) is 5.14. The smallest absolute Gasteiger partial charge is 0.356 e.